The third kappa shape index (κ3) is 4.45. The van der Waals surface area contributed by atoms with E-state index in [1.54, 1.807) is 0 Å². The predicted molar refractivity (Wildman–Crippen MR) is 80.6 cm³/mol. The van der Waals surface area contributed by atoms with E-state index < -0.39 is 0 Å². The lowest BCUT2D eigenvalue weighted by atomic mass is 9.77. The average Bonchev–Trinajstić information content (AvgIpc) is 2.44. The first-order valence-electron chi connectivity index (χ1n) is 8.22. The largest absolute Gasteiger partial charge is 0.376 e. The molecule has 2 N–H and O–H groups in total. The molecule has 4 heteroatoms. The SMILES string of the molecule is CC1(C)CCCNC1C(=O)NCCOC1CCCCC1. The lowest BCUT2D eigenvalue weighted by Crippen LogP contribution is -2.55. The van der Waals surface area contributed by atoms with Crippen LogP contribution >= 0.6 is 0 Å². The van der Waals surface area contributed by atoms with Gasteiger partial charge >= 0.3 is 0 Å². The maximum absolute atomic E-state index is 12.2. The van der Waals surface area contributed by atoms with Gasteiger partial charge in [0.15, 0.2) is 0 Å². The smallest absolute Gasteiger partial charge is 0.237 e. The summed E-state index contributed by atoms with van der Waals surface area (Å²) in [6.07, 6.45) is 8.98. The standard InChI is InChI=1S/C16H30N2O2/c1-16(2)9-6-10-17-14(16)15(19)18-11-12-20-13-7-4-3-5-8-13/h13-14,17H,3-12H2,1-2H3,(H,18,19). The van der Waals surface area contributed by atoms with Crippen LogP contribution in [0.2, 0.25) is 0 Å². The summed E-state index contributed by atoms with van der Waals surface area (Å²) in [4.78, 5) is 12.2. The molecule has 0 aromatic heterocycles. The summed E-state index contributed by atoms with van der Waals surface area (Å²) >= 11 is 0. The highest BCUT2D eigenvalue weighted by molar-refractivity contribution is 5.82. The molecule has 2 aliphatic rings. The van der Waals surface area contributed by atoms with Gasteiger partial charge in [-0.3, -0.25) is 4.79 Å². The first kappa shape index (κ1) is 15.8. The Hall–Kier alpha value is -0.610. The van der Waals surface area contributed by atoms with Crippen LogP contribution in [0.25, 0.3) is 0 Å². The molecule has 1 aliphatic carbocycles. The van der Waals surface area contributed by atoms with Crippen molar-refractivity contribution in [2.45, 2.75) is 70.9 Å². The number of ether oxygens (including phenoxy) is 1. The van der Waals surface area contributed by atoms with Crippen LogP contribution in [0.15, 0.2) is 0 Å². The van der Waals surface area contributed by atoms with Gasteiger partial charge < -0.3 is 15.4 Å². The lowest BCUT2D eigenvalue weighted by Gasteiger charge is -2.38. The number of carbonyl (C=O) groups is 1. The van der Waals surface area contributed by atoms with Crippen molar-refractivity contribution in [1.82, 2.24) is 10.6 Å². The first-order chi connectivity index (χ1) is 9.59. The molecule has 1 saturated carbocycles. The minimum absolute atomic E-state index is 0.0482. The summed E-state index contributed by atoms with van der Waals surface area (Å²) < 4.78 is 5.84. The van der Waals surface area contributed by atoms with Gasteiger partial charge in [-0.1, -0.05) is 33.1 Å². The molecule has 0 aromatic carbocycles. The zero-order chi connectivity index (χ0) is 14.4. The number of hydrogen-bond acceptors (Lipinski definition) is 3. The first-order valence-corrected chi connectivity index (χ1v) is 8.22. The van der Waals surface area contributed by atoms with E-state index in [0.29, 0.717) is 19.3 Å². The fourth-order valence-corrected chi connectivity index (χ4v) is 3.39. The Kier molecular flexibility index (Phi) is 5.85. The van der Waals surface area contributed by atoms with Crippen LogP contribution in [-0.2, 0) is 9.53 Å². The molecule has 2 fully saturated rings. The zero-order valence-corrected chi connectivity index (χ0v) is 13.0. The molecule has 0 bridgehead atoms. The van der Waals surface area contributed by atoms with Gasteiger partial charge in [-0.25, -0.2) is 0 Å². The quantitative estimate of drug-likeness (QED) is 0.760. The Labute approximate surface area is 123 Å². The second-order valence-corrected chi connectivity index (χ2v) is 6.90. The molecule has 1 aliphatic heterocycles. The molecule has 20 heavy (non-hydrogen) atoms. The van der Waals surface area contributed by atoms with Crippen molar-refractivity contribution in [1.29, 1.82) is 0 Å². The number of piperidine rings is 1. The van der Waals surface area contributed by atoms with Crippen molar-refractivity contribution < 1.29 is 9.53 Å². The number of nitrogens with one attached hydrogen (secondary N) is 2. The Morgan fingerprint density at radius 1 is 1.25 bits per heavy atom. The summed E-state index contributed by atoms with van der Waals surface area (Å²) in [5, 5.41) is 6.37. The second kappa shape index (κ2) is 7.41. The van der Waals surface area contributed by atoms with Gasteiger partial charge in [-0.15, -0.1) is 0 Å². The highest BCUT2D eigenvalue weighted by Crippen LogP contribution is 2.30. The van der Waals surface area contributed by atoms with Crippen molar-refractivity contribution in [3.63, 3.8) is 0 Å². The normalized spacial score (nSPS) is 27.2. The van der Waals surface area contributed by atoms with Gasteiger partial charge in [0.05, 0.1) is 18.8 Å². The van der Waals surface area contributed by atoms with Crippen LogP contribution in [0.4, 0.5) is 0 Å². The van der Waals surface area contributed by atoms with Crippen molar-refractivity contribution in [2.24, 2.45) is 5.41 Å². The molecule has 116 valence electrons. The lowest BCUT2D eigenvalue weighted by molar-refractivity contribution is -0.127. The number of carbonyl (C=O) groups excluding carboxylic acids is 1. The van der Waals surface area contributed by atoms with Crippen LogP contribution in [0.1, 0.15) is 58.8 Å². The van der Waals surface area contributed by atoms with Gasteiger partial charge in [0.25, 0.3) is 0 Å². The van der Waals surface area contributed by atoms with Gasteiger partial charge in [0, 0.05) is 6.54 Å². The highest BCUT2D eigenvalue weighted by Gasteiger charge is 2.36. The molecule has 0 spiro atoms. The van der Waals surface area contributed by atoms with E-state index in [0.717, 1.165) is 19.4 Å². The fourth-order valence-electron chi connectivity index (χ4n) is 3.39. The fraction of sp³-hybridized carbons (Fsp3) is 0.938. The number of amides is 1. The van der Waals surface area contributed by atoms with E-state index in [9.17, 15) is 4.79 Å². The molecular weight excluding hydrogens is 252 g/mol. The van der Waals surface area contributed by atoms with E-state index in [1.807, 2.05) is 0 Å². The molecule has 1 heterocycles. The van der Waals surface area contributed by atoms with E-state index in [1.165, 1.54) is 32.1 Å². The van der Waals surface area contributed by atoms with Crippen molar-refractivity contribution >= 4 is 5.91 Å². The van der Waals surface area contributed by atoms with E-state index in [2.05, 4.69) is 24.5 Å². The Balaban J connectivity index is 1.64. The van der Waals surface area contributed by atoms with Gasteiger partial charge in [0.1, 0.15) is 0 Å². The summed E-state index contributed by atoms with van der Waals surface area (Å²) in [5.74, 6) is 0.127. The number of hydrogen-bond donors (Lipinski definition) is 2. The van der Waals surface area contributed by atoms with Gasteiger partial charge in [-0.05, 0) is 37.6 Å². The molecule has 0 aromatic rings. The van der Waals surface area contributed by atoms with E-state index in [-0.39, 0.29) is 17.4 Å². The van der Waals surface area contributed by atoms with E-state index in [4.69, 9.17) is 4.74 Å². The third-order valence-corrected chi connectivity index (χ3v) is 4.70. The van der Waals surface area contributed by atoms with Gasteiger partial charge in [0.2, 0.25) is 5.91 Å². The summed E-state index contributed by atoms with van der Waals surface area (Å²) in [5.41, 5.74) is 0.0482. The molecule has 2 rings (SSSR count). The van der Waals surface area contributed by atoms with Crippen LogP contribution in [0.3, 0.4) is 0 Å². The molecule has 1 amide bonds. The minimum Gasteiger partial charge on any atom is -0.376 e. The monoisotopic (exact) mass is 282 g/mol. The van der Waals surface area contributed by atoms with Crippen LogP contribution in [0, 0.1) is 5.41 Å². The predicted octanol–water partition coefficient (Wildman–Crippen LogP) is 2.23. The Morgan fingerprint density at radius 3 is 2.70 bits per heavy atom. The molecule has 1 atom stereocenters. The molecule has 1 saturated heterocycles. The van der Waals surface area contributed by atoms with Crippen LogP contribution in [-0.4, -0.2) is 37.7 Å². The van der Waals surface area contributed by atoms with Crippen LogP contribution in [0.5, 0.6) is 0 Å². The summed E-state index contributed by atoms with van der Waals surface area (Å²) in [7, 11) is 0. The third-order valence-electron chi connectivity index (χ3n) is 4.70. The van der Waals surface area contributed by atoms with Crippen molar-refractivity contribution in [3.05, 3.63) is 0 Å². The summed E-state index contributed by atoms with van der Waals surface area (Å²) in [6.45, 7) is 6.55. The summed E-state index contributed by atoms with van der Waals surface area (Å²) in [6, 6.07) is -0.0640. The molecule has 0 radical (unpaired) electrons. The highest BCUT2D eigenvalue weighted by atomic mass is 16.5. The van der Waals surface area contributed by atoms with Gasteiger partial charge in [-0.2, -0.15) is 0 Å². The Morgan fingerprint density at radius 2 is 2.00 bits per heavy atom. The van der Waals surface area contributed by atoms with E-state index >= 15 is 0 Å². The molecule has 1 unspecified atom stereocenters. The number of rotatable bonds is 5. The molecule has 4 nitrogen and oxygen atoms in total. The van der Waals surface area contributed by atoms with Crippen molar-refractivity contribution in [3.8, 4) is 0 Å². The Bertz CT molecular complexity index is 312. The van der Waals surface area contributed by atoms with Crippen molar-refractivity contribution in [2.75, 3.05) is 19.7 Å². The maximum atomic E-state index is 12.2. The van der Waals surface area contributed by atoms with Crippen LogP contribution < -0.4 is 10.6 Å². The second-order valence-electron chi connectivity index (χ2n) is 6.90. The zero-order valence-electron chi connectivity index (χ0n) is 13.0. The maximum Gasteiger partial charge on any atom is 0.237 e. The molecular formula is C16H30N2O2. The topological polar surface area (TPSA) is 50.4 Å². The average molecular weight is 282 g/mol. The minimum atomic E-state index is -0.0640.